The molecule has 8 heteroatoms. The molecule has 0 radical (unpaired) electrons. The van der Waals surface area contributed by atoms with Crippen LogP contribution in [0.25, 0.3) is 0 Å². The first-order valence-corrected chi connectivity index (χ1v) is 7.77. The molecule has 114 valence electrons. The van der Waals surface area contributed by atoms with Crippen LogP contribution in [0.1, 0.15) is 18.5 Å². The number of carbonyl (C=O) groups is 1. The number of halogens is 1. The standard InChI is InChI=1S/C14H14FN5OS/c1-7-10(12(16)21)11(8-4-3-5-9(15)6-8)20-13(17-7)18-14(19-20)22-2/h3-6,11H,1-2H3,(H2,16,21)(H,17,18,19)/t11-/m0/s1. The van der Waals surface area contributed by atoms with E-state index in [0.29, 0.717) is 27.9 Å². The van der Waals surface area contributed by atoms with Crippen molar-refractivity contribution in [3.63, 3.8) is 0 Å². The molecule has 1 aliphatic rings. The van der Waals surface area contributed by atoms with Crippen molar-refractivity contribution < 1.29 is 9.18 Å². The SMILES string of the molecule is CSc1nc2n(n1)[C@@H](c1cccc(F)c1)C(C(N)=O)=C(C)N2. The summed E-state index contributed by atoms with van der Waals surface area (Å²) in [6.07, 6.45) is 1.85. The van der Waals surface area contributed by atoms with Gasteiger partial charge in [-0.25, -0.2) is 9.07 Å². The quantitative estimate of drug-likeness (QED) is 0.844. The highest BCUT2D eigenvalue weighted by molar-refractivity contribution is 7.98. The van der Waals surface area contributed by atoms with E-state index in [2.05, 4.69) is 15.4 Å². The Bertz CT molecular complexity index is 785. The zero-order valence-corrected chi connectivity index (χ0v) is 12.8. The molecule has 0 fully saturated rings. The van der Waals surface area contributed by atoms with E-state index >= 15 is 0 Å². The van der Waals surface area contributed by atoms with E-state index in [9.17, 15) is 9.18 Å². The van der Waals surface area contributed by atoms with E-state index < -0.39 is 11.9 Å². The molecule has 0 spiro atoms. The fraction of sp³-hybridized carbons (Fsp3) is 0.214. The summed E-state index contributed by atoms with van der Waals surface area (Å²) in [5, 5.41) is 7.94. The lowest BCUT2D eigenvalue weighted by molar-refractivity contribution is -0.115. The molecule has 2 aromatic rings. The molecule has 1 aliphatic heterocycles. The largest absolute Gasteiger partial charge is 0.366 e. The molecule has 1 amide bonds. The predicted molar refractivity (Wildman–Crippen MR) is 81.9 cm³/mol. The number of thioether (sulfide) groups is 1. The molecule has 3 rings (SSSR count). The van der Waals surface area contributed by atoms with Gasteiger partial charge in [-0.1, -0.05) is 23.9 Å². The number of primary amides is 1. The third-order valence-corrected chi connectivity index (χ3v) is 3.98. The number of allylic oxidation sites excluding steroid dienone is 1. The van der Waals surface area contributed by atoms with Gasteiger partial charge >= 0.3 is 0 Å². The number of hydrogen-bond acceptors (Lipinski definition) is 5. The van der Waals surface area contributed by atoms with Crippen LogP contribution in [-0.4, -0.2) is 26.9 Å². The van der Waals surface area contributed by atoms with Gasteiger partial charge in [-0.2, -0.15) is 4.98 Å². The summed E-state index contributed by atoms with van der Waals surface area (Å²) in [4.78, 5) is 16.2. The average molecular weight is 319 g/mol. The van der Waals surface area contributed by atoms with Gasteiger partial charge in [0.2, 0.25) is 17.0 Å². The Morgan fingerprint density at radius 2 is 2.27 bits per heavy atom. The number of amides is 1. The number of nitrogens with zero attached hydrogens (tertiary/aromatic N) is 3. The highest BCUT2D eigenvalue weighted by atomic mass is 32.2. The number of aromatic nitrogens is 3. The lowest BCUT2D eigenvalue weighted by Gasteiger charge is -2.27. The van der Waals surface area contributed by atoms with Crippen LogP contribution in [0.4, 0.5) is 10.3 Å². The Balaban J connectivity index is 2.22. The lowest BCUT2D eigenvalue weighted by atomic mass is 9.95. The van der Waals surface area contributed by atoms with Crippen molar-refractivity contribution in [1.29, 1.82) is 0 Å². The van der Waals surface area contributed by atoms with Crippen molar-refractivity contribution in [2.75, 3.05) is 11.6 Å². The molecule has 0 aliphatic carbocycles. The first-order chi connectivity index (χ1) is 10.5. The van der Waals surface area contributed by atoms with E-state index in [-0.39, 0.29) is 5.82 Å². The average Bonchev–Trinajstić information content (AvgIpc) is 2.87. The zero-order chi connectivity index (χ0) is 15.9. The first kappa shape index (κ1) is 14.6. The van der Waals surface area contributed by atoms with Crippen molar-refractivity contribution >= 4 is 23.6 Å². The number of fused-ring (bicyclic) bond motifs is 1. The Kier molecular flexibility index (Phi) is 3.61. The number of carbonyl (C=O) groups excluding carboxylic acids is 1. The zero-order valence-electron chi connectivity index (χ0n) is 12.0. The van der Waals surface area contributed by atoms with Gasteiger partial charge < -0.3 is 11.1 Å². The molecular weight excluding hydrogens is 305 g/mol. The van der Waals surface area contributed by atoms with Crippen LogP contribution in [0.3, 0.4) is 0 Å². The molecule has 0 saturated carbocycles. The summed E-state index contributed by atoms with van der Waals surface area (Å²) in [5.74, 6) is -0.462. The van der Waals surface area contributed by atoms with Gasteiger partial charge in [-0.15, -0.1) is 5.10 Å². The third kappa shape index (κ3) is 2.35. The summed E-state index contributed by atoms with van der Waals surface area (Å²) in [6, 6.07) is 5.45. The maximum atomic E-state index is 13.6. The monoisotopic (exact) mass is 319 g/mol. The summed E-state index contributed by atoms with van der Waals surface area (Å²) in [7, 11) is 0. The van der Waals surface area contributed by atoms with Crippen LogP contribution >= 0.6 is 11.8 Å². The minimum absolute atomic E-state index is 0.343. The van der Waals surface area contributed by atoms with Gasteiger partial charge in [-0.05, 0) is 30.9 Å². The topological polar surface area (TPSA) is 85.8 Å². The second kappa shape index (κ2) is 5.45. The molecule has 3 N–H and O–H groups in total. The Morgan fingerprint density at radius 1 is 1.50 bits per heavy atom. The van der Waals surface area contributed by atoms with Gasteiger partial charge in [0.15, 0.2) is 0 Å². The molecule has 0 unspecified atom stereocenters. The minimum atomic E-state index is -0.599. The number of hydrogen-bond donors (Lipinski definition) is 2. The Morgan fingerprint density at radius 3 is 2.91 bits per heavy atom. The van der Waals surface area contributed by atoms with Crippen molar-refractivity contribution in [3.05, 3.63) is 46.9 Å². The van der Waals surface area contributed by atoms with E-state index in [1.807, 2.05) is 6.26 Å². The van der Waals surface area contributed by atoms with Crippen LogP contribution in [0.2, 0.25) is 0 Å². The summed E-state index contributed by atoms with van der Waals surface area (Å²) in [6.45, 7) is 1.74. The van der Waals surface area contributed by atoms with Gasteiger partial charge in [0.05, 0.1) is 5.57 Å². The second-order valence-corrected chi connectivity index (χ2v) is 5.63. The van der Waals surface area contributed by atoms with Crippen LogP contribution < -0.4 is 11.1 Å². The normalized spacial score (nSPS) is 17.1. The van der Waals surface area contributed by atoms with E-state index in [4.69, 9.17) is 5.73 Å². The molecule has 0 bridgehead atoms. The van der Waals surface area contributed by atoms with Crippen molar-refractivity contribution in [2.24, 2.45) is 5.73 Å². The molecule has 2 heterocycles. The number of anilines is 1. The van der Waals surface area contributed by atoms with Gasteiger partial charge in [0, 0.05) is 5.70 Å². The summed E-state index contributed by atoms with van der Waals surface area (Å²) < 4.78 is 15.2. The maximum absolute atomic E-state index is 13.6. The number of nitrogens with two attached hydrogens (primary N) is 1. The highest BCUT2D eigenvalue weighted by Crippen LogP contribution is 2.35. The van der Waals surface area contributed by atoms with E-state index in [0.717, 1.165) is 0 Å². The number of benzene rings is 1. The summed E-state index contributed by atoms with van der Waals surface area (Å²) >= 11 is 1.38. The molecule has 1 aromatic carbocycles. The van der Waals surface area contributed by atoms with Crippen molar-refractivity contribution in [2.45, 2.75) is 18.1 Å². The van der Waals surface area contributed by atoms with Crippen LogP contribution in [0.15, 0.2) is 40.7 Å². The van der Waals surface area contributed by atoms with Gasteiger partial charge in [0.1, 0.15) is 11.9 Å². The first-order valence-electron chi connectivity index (χ1n) is 6.55. The van der Waals surface area contributed by atoms with Crippen LogP contribution in [0, 0.1) is 5.82 Å². The van der Waals surface area contributed by atoms with Crippen LogP contribution in [0.5, 0.6) is 0 Å². The Labute approximate surface area is 130 Å². The Hall–Kier alpha value is -2.35. The fourth-order valence-corrected chi connectivity index (χ4v) is 2.87. The second-order valence-electron chi connectivity index (χ2n) is 4.85. The molecule has 6 nitrogen and oxygen atoms in total. The molecule has 0 saturated heterocycles. The molecule has 1 aromatic heterocycles. The van der Waals surface area contributed by atoms with Gasteiger partial charge in [-0.3, -0.25) is 4.79 Å². The smallest absolute Gasteiger partial charge is 0.248 e. The summed E-state index contributed by atoms with van der Waals surface area (Å²) in [5.41, 5.74) is 7.05. The highest BCUT2D eigenvalue weighted by Gasteiger charge is 2.33. The van der Waals surface area contributed by atoms with E-state index in [1.54, 1.807) is 23.7 Å². The molecular formula is C14H14FN5OS. The predicted octanol–water partition coefficient (Wildman–Crippen LogP) is 1.91. The number of rotatable bonds is 3. The van der Waals surface area contributed by atoms with Crippen molar-refractivity contribution in [1.82, 2.24) is 14.8 Å². The molecule has 22 heavy (non-hydrogen) atoms. The van der Waals surface area contributed by atoms with Crippen molar-refractivity contribution in [3.8, 4) is 0 Å². The maximum Gasteiger partial charge on any atom is 0.248 e. The van der Waals surface area contributed by atoms with Gasteiger partial charge in [0.25, 0.3) is 0 Å². The van der Waals surface area contributed by atoms with Crippen LogP contribution in [-0.2, 0) is 4.79 Å². The van der Waals surface area contributed by atoms with E-state index in [1.165, 1.54) is 23.9 Å². The lowest BCUT2D eigenvalue weighted by Crippen LogP contribution is -2.31. The number of nitrogens with one attached hydrogen (secondary N) is 1. The molecule has 1 atom stereocenters. The third-order valence-electron chi connectivity index (χ3n) is 3.45. The minimum Gasteiger partial charge on any atom is -0.366 e. The fourth-order valence-electron chi connectivity index (χ4n) is 2.52.